The summed E-state index contributed by atoms with van der Waals surface area (Å²) in [5.74, 6) is 1.22. The van der Waals surface area contributed by atoms with Gasteiger partial charge in [-0.15, -0.1) is 11.8 Å². The molecule has 132 valence electrons. The fraction of sp³-hybridized carbons (Fsp3) is 0.263. The summed E-state index contributed by atoms with van der Waals surface area (Å²) in [6, 6.07) is 15.5. The molecule has 0 bridgehead atoms. The van der Waals surface area contributed by atoms with Crippen LogP contribution in [0.1, 0.15) is 11.1 Å². The average molecular weight is 358 g/mol. The van der Waals surface area contributed by atoms with E-state index in [1.165, 1.54) is 17.3 Å². The molecule has 0 fully saturated rings. The predicted molar refractivity (Wildman–Crippen MR) is 102 cm³/mol. The number of aryl methyl sites for hydroxylation is 1. The first-order valence-corrected chi connectivity index (χ1v) is 9.07. The van der Waals surface area contributed by atoms with Crippen molar-refractivity contribution in [2.45, 2.75) is 12.7 Å². The molecule has 0 radical (unpaired) electrons. The largest absolute Gasteiger partial charge is 0.495 e. The van der Waals surface area contributed by atoms with Crippen molar-refractivity contribution in [2.75, 3.05) is 24.7 Å². The summed E-state index contributed by atoms with van der Waals surface area (Å²) in [6.07, 6.45) is 0. The number of thioether (sulfide) groups is 1. The molecular weight excluding hydrogens is 336 g/mol. The topological polar surface area (TPSA) is 67.4 Å². The highest BCUT2D eigenvalue weighted by Crippen LogP contribution is 2.24. The van der Waals surface area contributed by atoms with Crippen LogP contribution < -0.4 is 15.4 Å². The molecule has 5 nitrogen and oxygen atoms in total. The van der Waals surface area contributed by atoms with Gasteiger partial charge in [0.25, 0.3) is 0 Å². The quantitative estimate of drug-likeness (QED) is 0.761. The van der Waals surface area contributed by atoms with Gasteiger partial charge < -0.3 is 15.4 Å². The van der Waals surface area contributed by atoms with Gasteiger partial charge in [0.2, 0.25) is 11.8 Å². The van der Waals surface area contributed by atoms with Crippen LogP contribution in [0.15, 0.2) is 48.5 Å². The van der Waals surface area contributed by atoms with Gasteiger partial charge in [0.15, 0.2) is 0 Å². The van der Waals surface area contributed by atoms with Gasteiger partial charge in [0.05, 0.1) is 25.1 Å². The Balaban J connectivity index is 1.72. The lowest BCUT2D eigenvalue weighted by atomic mass is 10.2. The third-order valence-electron chi connectivity index (χ3n) is 3.42. The lowest BCUT2D eigenvalue weighted by Gasteiger charge is -2.11. The van der Waals surface area contributed by atoms with Crippen molar-refractivity contribution < 1.29 is 14.3 Å². The highest BCUT2D eigenvalue weighted by molar-refractivity contribution is 7.99. The number of ether oxygens (including phenoxy) is 1. The van der Waals surface area contributed by atoms with Crippen LogP contribution in [0.5, 0.6) is 5.75 Å². The molecule has 0 aliphatic carbocycles. The zero-order chi connectivity index (χ0) is 18.1. The van der Waals surface area contributed by atoms with Gasteiger partial charge in [-0.25, -0.2) is 0 Å². The number of methoxy groups -OCH3 is 1. The molecule has 25 heavy (non-hydrogen) atoms. The van der Waals surface area contributed by atoms with E-state index in [4.69, 9.17) is 4.74 Å². The summed E-state index contributed by atoms with van der Waals surface area (Å²) in [5.41, 5.74) is 2.78. The van der Waals surface area contributed by atoms with Crippen molar-refractivity contribution in [3.05, 3.63) is 59.7 Å². The second kappa shape index (κ2) is 9.74. The molecule has 2 aromatic carbocycles. The van der Waals surface area contributed by atoms with Crippen molar-refractivity contribution in [2.24, 2.45) is 0 Å². The number of carbonyl (C=O) groups is 2. The van der Waals surface area contributed by atoms with Gasteiger partial charge in [-0.1, -0.05) is 36.4 Å². The number of hydrogen-bond acceptors (Lipinski definition) is 4. The molecule has 2 N–H and O–H groups in total. The van der Waals surface area contributed by atoms with E-state index in [2.05, 4.69) is 10.6 Å². The summed E-state index contributed by atoms with van der Waals surface area (Å²) < 4.78 is 5.22. The zero-order valence-electron chi connectivity index (χ0n) is 14.4. The van der Waals surface area contributed by atoms with Crippen LogP contribution in [0.4, 0.5) is 5.69 Å². The monoisotopic (exact) mass is 358 g/mol. The highest BCUT2D eigenvalue weighted by atomic mass is 32.2. The predicted octanol–water partition coefficient (Wildman–Crippen LogP) is 2.99. The highest BCUT2D eigenvalue weighted by Gasteiger charge is 2.09. The lowest BCUT2D eigenvalue weighted by Crippen LogP contribution is -2.34. The van der Waals surface area contributed by atoms with E-state index in [-0.39, 0.29) is 18.4 Å². The maximum absolute atomic E-state index is 12.0. The lowest BCUT2D eigenvalue weighted by molar-refractivity contribution is -0.122. The van der Waals surface area contributed by atoms with Crippen molar-refractivity contribution in [1.82, 2.24) is 5.32 Å². The Morgan fingerprint density at radius 1 is 1.08 bits per heavy atom. The smallest absolute Gasteiger partial charge is 0.243 e. The van der Waals surface area contributed by atoms with E-state index in [1.54, 1.807) is 13.2 Å². The van der Waals surface area contributed by atoms with Gasteiger partial charge in [0.1, 0.15) is 5.75 Å². The average Bonchev–Trinajstić information content (AvgIpc) is 2.61. The zero-order valence-corrected chi connectivity index (χ0v) is 15.2. The van der Waals surface area contributed by atoms with Crippen molar-refractivity contribution in [3.8, 4) is 5.75 Å². The number of hydrogen-bond donors (Lipinski definition) is 2. The molecule has 0 spiro atoms. The van der Waals surface area contributed by atoms with Gasteiger partial charge in [-0.05, 0) is 30.2 Å². The van der Waals surface area contributed by atoms with Gasteiger partial charge in [-0.2, -0.15) is 0 Å². The van der Waals surface area contributed by atoms with Crippen LogP contribution in [-0.2, 0) is 15.3 Å². The second-order valence-electron chi connectivity index (χ2n) is 5.51. The minimum absolute atomic E-state index is 0.0676. The molecule has 0 saturated heterocycles. The fourth-order valence-corrected chi connectivity index (χ4v) is 3.00. The molecule has 0 saturated carbocycles. The molecular formula is C19H22N2O3S. The van der Waals surface area contributed by atoms with E-state index in [0.717, 1.165) is 11.3 Å². The van der Waals surface area contributed by atoms with Crippen LogP contribution in [0.25, 0.3) is 0 Å². The van der Waals surface area contributed by atoms with Gasteiger partial charge in [0, 0.05) is 5.75 Å². The van der Waals surface area contributed by atoms with Crippen LogP contribution >= 0.6 is 11.8 Å². The Bertz CT molecular complexity index is 720. The number of anilines is 1. The normalized spacial score (nSPS) is 10.2. The van der Waals surface area contributed by atoms with Crippen molar-refractivity contribution in [1.29, 1.82) is 0 Å². The molecule has 2 rings (SSSR count). The molecule has 0 unspecified atom stereocenters. The number of rotatable bonds is 8. The molecule has 2 aromatic rings. The standard InChI is InChI=1S/C19H22N2O3S/c1-14-8-9-17(24-2)16(10-14)21-18(22)11-20-19(23)13-25-12-15-6-4-3-5-7-15/h3-10H,11-13H2,1-2H3,(H,20,23)(H,21,22). The minimum Gasteiger partial charge on any atom is -0.495 e. The Kier molecular flexibility index (Phi) is 7.35. The SMILES string of the molecule is COc1ccc(C)cc1NC(=O)CNC(=O)CSCc1ccccc1. The van der Waals surface area contributed by atoms with Crippen LogP contribution in [-0.4, -0.2) is 31.2 Å². The summed E-state index contributed by atoms with van der Waals surface area (Å²) in [4.78, 5) is 23.8. The van der Waals surface area contributed by atoms with Gasteiger partial charge >= 0.3 is 0 Å². The number of nitrogens with one attached hydrogen (secondary N) is 2. The Morgan fingerprint density at radius 3 is 2.56 bits per heavy atom. The maximum atomic E-state index is 12.0. The number of amides is 2. The Morgan fingerprint density at radius 2 is 1.84 bits per heavy atom. The molecule has 0 atom stereocenters. The number of benzene rings is 2. The second-order valence-corrected chi connectivity index (χ2v) is 6.49. The van der Waals surface area contributed by atoms with E-state index in [1.807, 2.05) is 49.4 Å². The first-order chi connectivity index (χ1) is 12.1. The number of carbonyl (C=O) groups excluding carboxylic acids is 2. The van der Waals surface area contributed by atoms with E-state index < -0.39 is 0 Å². The van der Waals surface area contributed by atoms with E-state index >= 15 is 0 Å². The summed E-state index contributed by atoms with van der Waals surface area (Å²) in [5, 5.41) is 5.38. The van der Waals surface area contributed by atoms with Crippen LogP contribution in [0, 0.1) is 6.92 Å². The Labute approximate surface area is 152 Å². The molecule has 0 aliphatic rings. The minimum atomic E-state index is -0.287. The van der Waals surface area contributed by atoms with Gasteiger partial charge in [-0.3, -0.25) is 9.59 Å². The first-order valence-electron chi connectivity index (χ1n) is 7.91. The van der Waals surface area contributed by atoms with E-state index in [9.17, 15) is 9.59 Å². The molecule has 0 aromatic heterocycles. The maximum Gasteiger partial charge on any atom is 0.243 e. The molecule has 6 heteroatoms. The molecule has 0 aliphatic heterocycles. The van der Waals surface area contributed by atoms with Crippen molar-refractivity contribution in [3.63, 3.8) is 0 Å². The third-order valence-corrected chi connectivity index (χ3v) is 4.42. The van der Waals surface area contributed by atoms with E-state index in [0.29, 0.717) is 17.2 Å². The van der Waals surface area contributed by atoms with Crippen molar-refractivity contribution >= 4 is 29.3 Å². The third kappa shape index (κ3) is 6.51. The molecule has 0 heterocycles. The summed E-state index contributed by atoms with van der Waals surface area (Å²) in [6.45, 7) is 1.86. The van der Waals surface area contributed by atoms with Crippen LogP contribution in [0.2, 0.25) is 0 Å². The molecule has 2 amide bonds. The Hall–Kier alpha value is -2.47. The summed E-state index contributed by atoms with van der Waals surface area (Å²) in [7, 11) is 1.55. The fourth-order valence-electron chi connectivity index (χ4n) is 2.18. The first kappa shape index (κ1) is 18.9. The summed E-state index contributed by atoms with van der Waals surface area (Å²) >= 11 is 1.51. The van der Waals surface area contributed by atoms with Crippen LogP contribution in [0.3, 0.4) is 0 Å².